The second kappa shape index (κ2) is 4.72. The predicted octanol–water partition coefficient (Wildman–Crippen LogP) is 2.15. The highest BCUT2D eigenvalue weighted by atomic mass is 32.1. The minimum Gasteiger partial charge on any atom is -0.311 e. The van der Waals surface area contributed by atoms with Crippen LogP contribution in [0, 0.1) is 6.92 Å². The summed E-state index contributed by atoms with van der Waals surface area (Å²) < 4.78 is 14.0. The van der Waals surface area contributed by atoms with Crippen LogP contribution in [0.15, 0.2) is 11.6 Å². The van der Waals surface area contributed by atoms with Gasteiger partial charge < -0.3 is 5.32 Å². The number of hydrogen-bond acceptors (Lipinski definition) is 3. The van der Waals surface area contributed by atoms with Gasteiger partial charge in [-0.15, -0.1) is 11.3 Å². The molecule has 82 valence electrons. The molecule has 5 heteroatoms. The molecule has 0 aliphatic rings. The molecule has 0 saturated heterocycles. The Morgan fingerprint density at radius 2 is 2.47 bits per heavy atom. The average Bonchev–Trinajstić information content (AvgIpc) is 2.75. The molecule has 0 bridgehead atoms. The maximum atomic E-state index is 11.9. The molecule has 0 atom stereocenters. The van der Waals surface area contributed by atoms with Crippen molar-refractivity contribution < 1.29 is 4.39 Å². The SMILES string of the molecule is Cc1nc2sccn2c1CNCCCF. The number of imidazole rings is 1. The first-order valence-electron chi connectivity index (χ1n) is 5.00. The zero-order valence-corrected chi connectivity index (χ0v) is 9.48. The van der Waals surface area contributed by atoms with Crippen LogP contribution in [0.2, 0.25) is 0 Å². The quantitative estimate of drug-likeness (QED) is 0.793. The summed E-state index contributed by atoms with van der Waals surface area (Å²) in [6.07, 6.45) is 2.59. The summed E-state index contributed by atoms with van der Waals surface area (Å²) in [5.41, 5.74) is 2.22. The Balaban J connectivity index is 2.05. The van der Waals surface area contributed by atoms with E-state index in [0.717, 1.165) is 17.2 Å². The van der Waals surface area contributed by atoms with Crippen LogP contribution in [0.25, 0.3) is 4.96 Å². The van der Waals surface area contributed by atoms with Crippen LogP contribution < -0.4 is 5.32 Å². The first-order valence-corrected chi connectivity index (χ1v) is 5.88. The Bertz CT molecular complexity index is 435. The van der Waals surface area contributed by atoms with E-state index >= 15 is 0 Å². The minimum absolute atomic E-state index is 0.258. The largest absolute Gasteiger partial charge is 0.311 e. The maximum absolute atomic E-state index is 11.9. The average molecular weight is 227 g/mol. The van der Waals surface area contributed by atoms with Gasteiger partial charge in [-0.25, -0.2) is 4.98 Å². The van der Waals surface area contributed by atoms with Gasteiger partial charge in [-0.2, -0.15) is 0 Å². The number of thiazole rings is 1. The van der Waals surface area contributed by atoms with Gasteiger partial charge in [-0.3, -0.25) is 8.79 Å². The van der Waals surface area contributed by atoms with E-state index in [1.807, 2.05) is 18.5 Å². The number of alkyl halides is 1. The normalized spacial score (nSPS) is 11.3. The highest BCUT2D eigenvalue weighted by molar-refractivity contribution is 7.15. The molecular formula is C10H14FN3S. The topological polar surface area (TPSA) is 29.3 Å². The fraction of sp³-hybridized carbons (Fsp3) is 0.500. The second-order valence-corrected chi connectivity index (χ2v) is 4.29. The Kier molecular flexibility index (Phi) is 3.33. The number of aryl methyl sites for hydroxylation is 1. The first kappa shape index (κ1) is 10.6. The molecule has 0 aromatic carbocycles. The van der Waals surface area contributed by atoms with Gasteiger partial charge in [0.25, 0.3) is 0 Å². The molecule has 0 aliphatic heterocycles. The van der Waals surface area contributed by atoms with Crippen molar-refractivity contribution in [3.63, 3.8) is 0 Å². The van der Waals surface area contributed by atoms with Crippen molar-refractivity contribution in [2.75, 3.05) is 13.2 Å². The van der Waals surface area contributed by atoms with Gasteiger partial charge in [-0.1, -0.05) is 0 Å². The number of nitrogens with zero attached hydrogens (tertiary/aromatic N) is 2. The van der Waals surface area contributed by atoms with Gasteiger partial charge >= 0.3 is 0 Å². The van der Waals surface area contributed by atoms with Crippen LogP contribution in [0.1, 0.15) is 17.8 Å². The van der Waals surface area contributed by atoms with E-state index in [1.54, 1.807) is 11.3 Å². The van der Waals surface area contributed by atoms with Gasteiger partial charge in [0.2, 0.25) is 0 Å². The van der Waals surface area contributed by atoms with E-state index in [4.69, 9.17) is 0 Å². The summed E-state index contributed by atoms with van der Waals surface area (Å²) >= 11 is 1.63. The van der Waals surface area contributed by atoms with Gasteiger partial charge in [0, 0.05) is 18.1 Å². The number of nitrogens with one attached hydrogen (secondary N) is 1. The Morgan fingerprint density at radius 1 is 1.60 bits per heavy atom. The van der Waals surface area contributed by atoms with Gasteiger partial charge in [-0.05, 0) is 19.9 Å². The molecule has 0 aliphatic carbocycles. The summed E-state index contributed by atoms with van der Waals surface area (Å²) in [6.45, 7) is 3.22. The molecule has 0 unspecified atom stereocenters. The Labute approximate surface area is 91.9 Å². The van der Waals surface area contributed by atoms with E-state index in [0.29, 0.717) is 13.0 Å². The summed E-state index contributed by atoms with van der Waals surface area (Å²) in [4.78, 5) is 5.46. The number of hydrogen-bond donors (Lipinski definition) is 1. The molecule has 2 rings (SSSR count). The van der Waals surface area contributed by atoms with Crippen molar-refractivity contribution >= 4 is 16.3 Å². The van der Waals surface area contributed by atoms with Crippen molar-refractivity contribution in [3.8, 4) is 0 Å². The molecule has 0 spiro atoms. The van der Waals surface area contributed by atoms with Gasteiger partial charge in [0.05, 0.1) is 18.1 Å². The Morgan fingerprint density at radius 3 is 3.27 bits per heavy atom. The molecule has 15 heavy (non-hydrogen) atoms. The Hall–Kier alpha value is -0.940. The molecule has 1 N–H and O–H groups in total. The van der Waals surface area contributed by atoms with Crippen molar-refractivity contribution in [2.24, 2.45) is 0 Å². The van der Waals surface area contributed by atoms with Crippen molar-refractivity contribution in [3.05, 3.63) is 23.0 Å². The fourth-order valence-corrected chi connectivity index (χ4v) is 2.33. The molecule has 0 radical (unpaired) electrons. The van der Waals surface area contributed by atoms with Crippen molar-refractivity contribution in [1.82, 2.24) is 14.7 Å². The fourth-order valence-electron chi connectivity index (χ4n) is 1.55. The number of fused-ring (bicyclic) bond motifs is 1. The number of aromatic nitrogens is 2. The second-order valence-electron chi connectivity index (χ2n) is 3.42. The van der Waals surface area contributed by atoms with Crippen LogP contribution in [0.3, 0.4) is 0 Å². The van der Waals surface area contributed by atoms with E-state index in [1.165, 1.54) is 5.69 Å². The lowest BCUT2D eigenvalue weighted by molar-refractivity contribution is 0.458. The van der Waals surface area contributed by atoms with E-state index in [-0.39, 0.29) is 6.67 Å². The molecule has 2 aromatic rings. The summed E-state index contributed by atoms with van der Waals surface area (Å²) in [5, 5.41) is 5.24. The molecule has 2 aromatic heterocycles. The molecular weight excluding hydrogens is 213 g/mol. The molecule has 2 heterocycles. The first-order chi connectivity index (χ1) is 7.33. The molecule has 0 fully saturated rings. The lowest BCUT2D eigenvalue weighted by Crippen LogP contribution is -2.16. The third-order valence-corrected chi connectivity index (χ3v) is 3.10. The smallest absolute Gasteiger partial charge is 0.194 e. The summed E-state index contributed by atoms with van der Waals surface area (Å²) in [6, 6.07) is 0. The van der Waals surface area contributed by atoms with Crippen LogP contribution >= 0.6 is 11.3 Å². The van der Waals surface area contributed by atoms with Gasteiger partial charge in [0.1, 0.15) is 0 Å². The van der Waals surface area contributed by atoms with Crippen molar-refractivity contribution in [1.29, 1.82) is 0 Å². The van der Waals surface area contributed by atoms with Gasteiger partial charge in [0.15, 0.2) is 4.96 Å². The predicted molar refractivity (Wildman–Crippen MR) is 60.1 cm³/mol. The van der Waals surface area contributed by atoms with E-state index < -0.39 is 0 Å². The van der Waals surface area contributed by atoms with Crippen LogP contribution in [0.5, 0.6) is 0 Å². The van der Waals surface area contributed by atoms with Crippen LogP contribution in [-0.2, 0) is 6.54 Å². The van der Waals surface area contributed by atoms with Crippen LogP contribution in [-0.4, -0.2) is 22.6 Å². The monoisotopic (exact) mass is 227 g/mol. The highest BCUT2D eigenvalue weighted by Crippen LogP contribution is 2.16. The summed E-state index contributed by atoms with van der Waals surface area (Å²) in [5.74, 6) is 0. The molecule has 3 nitrogen and oxygen atoms in total. The van der Waals surface area contributed by atoms with Crippen LogP contribution in [0.4, 0.5) is 4.39 Å². The van der Waals surface area contributed by atoms with Crippen molar-refractivity contribution in [2.45, 2.75) is 19.9 Å². The third-order valence-electron chi connectivity index (χ3n) is 2.34. The zero-order chi connectivity index (χ0) is 10.7. The lowest BCUT2D eigenvalue weighted by Gasteiger charge is -2.03. The number of rotatable bonds is 5. The summed E-state index contributed by atoms with van der Waals surface area (Å²) in [7, 11) is 0. The van der Waals surface area contributed by atoms with E-state index in [9.17, 15) is 4.39 Å². The lowest BCUT2D eigenvalue weighted by atomic mass is 10.3. The molecule has 0 amide bonds. The number of halogens is 1. The van der Waals surface area contributed by atoms with E-state index in [2.05, 4.69) is 14.7 Å². The molecule has 0 saturated carbocycles. The third kappa shape index (κ3) is 2.18. The highest BCUT2D eigenvalue weighted by Gasteiger charge is 2.08. The zero-order valence-electron chi connectivity index (χ0n) is 8.66. The standard InChI is InChI=1S/C10H14FN3S/c1-8-9(7-12-4-2-3-11)14-5-6-15-10(14)13-8/h5-6,12H,2-4,7H2,1H3. The minimum atomic E-state index is -0.258. The maximum Gasteiger partial charge on any atom is 0.194 e.